The van der Waals surface area contributed by atoms with Crippen molar-refractivity contribution in [3.8, 4) is 0 Å². The second-order valence-electron chi connectivity index (χ2n) is 2.45. The van der Waals surface area contributed by atoms with Crippen LogP contribution in [0.4, 0.5) is 0 Å². The van der Waals surface area contributed by atoms with Crippen molar-refractivity contribution in [2.45, 2.75) is 0 Å². The van der Waals surface area contributed by atoms with Crippen LogP contribution >= 0.6 is 11.8 Å². The van der Waals surface area contributed by atoms with Gasteiger partial charge in [-0.05, 0) is 11.7 Å². The zero-order chi connectivity index (χ0) is 5.40. The van der Waals surface area contributed by atoms with Gasteiger partial charge in [-0.3, -0.25) is 5.43 Å². The normalized spacial score (nSPS) is 45.0. The summed E-state index contributed by atoms with van der Waals surface area (Å²) < 4.78 is 0. The molecule has 0 saturated carbocycles. The molecule has 2 saturated heterocycles. The van der Waals surface area contributed by atoms with E-state index in [0.29, 0.717) is 0 Å². The Morgan fingerprint density at radius 3 is 3.38 bits per heavy atom. The Labute approximate surface area is 53.6 Å². The molecule has 2 nitrogen and oxygen atoms in total. The fraction of sp³-hybridized carbons (Fsp3) is 1.00. The van der Waals surface area contributed by atoms with Gasteiger partial charge in [-0.1, -0.05) is 0 Å². The second kappa shape index (κ2) is 1.90. The smallest absolute Gasteiger partial charge is 0.0587 e. The maximum absolute atomic E-state index is 3.33. The van der Waals surface area contributed by atoms with Crippen LogP contribution in [-0.4, -0.2) is 29.7 Å². The van der Waals surface area contributed by atoms with Gasteiger partial charge in [0.25, 0.3) is 0 Å². The molecular weight excluding hydrogens is 120 g/mol. The van der Waals surface area contributed by atoms with Crippen molar-refractivity contribution in [1.29, 1.82) is 0 Å². The summed E-state index contributed by atoms with van der Waals surface area (Å²) in [5.41, 5.74) is 3.33. The molecule has 2 atom stereocenters. The number of nitrogens with one attached hydrogen (secondary N) is 1. The maximum Gasteiger partial charge on any atom is 0.0587 e. The highest BCUT2D eigenvalue weighted by atomic mass is 32.2. The summed E-state index contributed by atoms with van der Waals surface area (Å²) in [5, 5.41) is 2.30. The quantitative estimate of drug-likeness (QED) is 0.501. The Balaban J connectivity index is 2.03. The van der Waals surface area contributed by atoms with Crippen LogP contribution in [0.2, 0.25) is 0 Å². The van der Waals surface area contributed by atoms with Gasteiger partial charge in [-0.2, -0.15) is 0 Å². The lowest BCUT2D eigenvalue weighted by Gasteiger charge is -2.19. The van der Waals surface area contributed by atoms with Crippen molar-refractivity contribution >= 4 is 11.8 Å². The summed E-state index contributed by atoms with van der Waals surface area (Å²) in [6.45, 7) is 2.50. The summed E-state index contributed by atoms with van der Waals surface area (Å²) in [6, 6.07) is 0. The van der Waals surface area contributed by atoms with Crippen molar-refractivity contribution in [1.82, 2.24) is 10.4 Å². The Bertz CT molecular complexity index is 82.4. The molecule has 2 fully saturated rings. The molecule has 0 aromatic carbocycles. The molecule has 2 aliphatic rings. The van der Waals surface area contributed by atoms with E-state index in [2.05, 4.69) is 10.4 Å². The minimum absolute atomic E-state index is 0.939. The average Bonchev–Trinajstić information content (AvgIpc) is 2.12. The third-order valence-electron chi connectivity index (χ3n) is 1.68. The Hall–Kier alpha value is 0.270. The van der Waals surface area contributed by atoms with E-state index in [-0.39, 0.29) is 0 Å². The summed E-state index contributed by atoms with van der Waals surface area (Å²) in [5.74, 6) is 3.49. The van der Waals surface area contributed by atoms with Gasteiger partial charge in [0.2, 0.25) is 0 Å². The van der Waals surface area contributed by atoms with Gasteiger partial charge in [0.15, 0.2) is 0 Å². The lowest BCUT2D eigenvalue weighted by atomic mass is 10.2. The molecule has 1 N–H and O–H groups in total. The molecule has 2 aliphatic heterocycles. The van der Waals surface area contributed by atoms with Crippen LogP contribution in [0.25, 0.3) is 0 Å². The Morgan fingerprint density at radius 2 is 2.62 bits per heavy atom. The SMILES string of the molecule is C1NN2CSCC1C2. The van der Waals surface area contributed by atoms with Gasteiger partial charge in [0.05, 0.1) is 5.88 Å². The number of hydrogen-bond donors (Lipinski definition) is 1. The molecule has 0 aromatic rings. The molecule has 0 amide bonds. The number of fused-ring (bicyclic) bond motifs is 2. The molecule has 8 heavy (non-hydrogen) atoms. The molecule has 2 unspecified atom stereocenters. The number of hydrazine groups is 1. The second-order valence-corrected chi connectivity index (χ2v) is 3.45. The lowest BCUT2D eigenvalue weighted by molar-refractivity contribution is 0.293. The van der Waals surface area contributed by atoms with E-state index in [1.54, 1.807) is 0 Å². The third kappa shape index (κ3) is 0.747. The highest BCUT2D eigenvalue weighted by Gasteiger charge is 2.25. The Morgan fingerprint density at radius 1 is 1.62 bits per heavy atom. The Kier molecular flexibility index (Phi) is 1.21. The molecule has 2 rings (SSSR count). The minimum atomic E-state index is 0.939. The van der Waals surface area contributed by atoms with E-state index >= 15 is 0 Å². The zero-order valence-electron chi connectivity index (χ0n) is 4.76. The fourth-order valence-corrected chi connectivity index (χ4v) is 2.32. The van der Waals surface area contributed by atoms with Crippen molar-refractivity contribution in [3.63, 3.8) is 0 Å². The maximum atomic E-state index is 3.33. The van der Waals surface area contributed by atoms with Crippen LogP contribution in [0, 0.1) is 5.92 Å². The topological polar surface area (TPSA) is 15.3 Å². The zero-order valence-corrected chi connectivity index (χ0v) is 5.58. The standard InChI is InChI=1S/C5H10N2S/c1-5-2-7(6-1)4-8-3-5/h5-6H,1-4H2. The molecule has 46 valence electrons. The van der Waals surface area contributed by atoms with Crippen molar-refractivity contribution in [2.24, 2.45) is 5.92 Å². The summed E-state index contributed by atoms with van der Waals surface area (Å²) >= 11 is 2.04. The first kappa shape index (κ1) is 5.09. The number of hydrogen-bond acceptors (Lipinski definition) is 3. The van der Waals surface area contributed by atoms with Crippen molar-refractivity contribution in [3.05, 3.63) is 0 Å². The van der Waals surface area contributed by atoms with Crippen molar-refractivity contribution < 1.29 is 0 Å². The van der Waals surface area contributed by atoms with Gasteiger partial charge in [-0.25, -0.2) is 5.01 Å². The van der Waals surface area contributed by atoms with E-state index in [9.17, 15) is 0 Å². The third-order valence-corrected chi connectivity index (χ3v) is 2.88. The predicted molar refractivity (Wildman–Crippen MR) is 35.5 cm³/mol. The highest BCUT2D eigenvalue weighted by molar-refractivity contribution is 7.99. The van der Waals surface area contributed by atoms with Crippen LogP contribution in [0.3, 0.4) is 0 Å². The van der Waals surface area contributed by atoms with Gasteiger partial charge in [-0.15, -0.1) is 11.8 Å². The summed E-state index contributed by atoms with van der Waals surface area (Å²) in [4.78, 5) is 0. The number of rotatable bonds is 0. The minimum Gasteiger partial charge on any atom is -0.254 e. The number of thioether (sulfide) groups is 1. The molecule has 3 heteroatoms. The van der Waals surface area contributed by atoms with Crippen LogP contribution in [0.15, 0.2) is 0 Å². The van der Waals surface area contributed by atoms with Gasteiger partial charge >= 0.3 is 0 Å². The first-order chi connectivity index (χ1) is 3.95. The largest absolute Gasteiger partial charge is 0.254 e. The first-order valence-electron chi connectivity index (χ1n) is 3.01. The van der Waals surface area contributed by atoms with E-state index < -0.39 is 0 Å². The first-order valence-corrected chi connectivity index (χ1v) is 4.17. The van der Waals surface area contributed by atoms with E-state index in [1.165, 1.54) is 24.7 Å². The van der Waals surface area contributed by atoms with Gasteiger partial charge in [0, 0.05) is 13.1 Å². The molecule has 0 radical (unpaired) electrons. The van der Waals surface area contributed by atoms with E-state index in [1.807, 2.05) is 11.8 Å². The number of nitrogens with zero attached hydrogens (tertiary/aromatic N) is 1. The van der Waals surface area contributed by atoms with E-state index in [4.69, 9.17) is 0 Å². The predicted octanol–water partition coefficient (Wildman–Crippen LogP) is 0.127. The summed E-state index contributed by atoms with van der Waals surface area (Å²) in [6.07, 6.45) is 0. The lowest BCUT2D eigenvalue weighted by Crippen LogP contribution is -2.31. The fourth-order valence-electron chi connectivity index (χ4n) is 1.24. The van der Waals surface area contributed by atoms with Crippen LogP contribution in [-0.2, 0) is 0 Å². The molecular formula is C5H10N2S. The molecule has 0 aromatic heterocycles. The molecule has 0 aliphatic carbocycles. The van der Waals surface area contributed by atoms with Gasteiger partial charge < -0.3 is 0 Å². The average molecular weight is 130 g/mol. The summed E-state index contributed by atoms with van der Waals surface area (Å²) in [7, 11) is 0. The van der Waals surface area contributed by atoms with Gasteiger partial charge in [0.1, 0.15) is 0 Å². The van der Waals surface area contributed by atoms with Crippen LogP contribution < -0.4 is 5.43 Å². The van der Waals surface area contributed by atoms with E-state index in [0.717, 1.165) is 5.92 Å². The molecule has 2 bridgehead atoms. The highest BCUT2D eigenvalue weighted by Crippen LogP contribution is 2.21. The molecule has 2 heterocycles. The monoisotopic (exact) mass is 130 g/mol. The van der Waals surface area contributed by atoms with Crippen LogP contribution in [0.5, 0.6) is 0 Å². The molecule has 0 spiro atoms. The van der Waals surface area contributed by atoms with Crippen molar-refractivity contribution in [2.75, 3.05) is 24.7 Å². The van der Waals surface area contributed by atoms with Crippen LogP contribution in [0.1, 0.15) is 0 Å².